The maximum Gasteiger partial charge on any atom is 0.236 e. The van der Waals surface area contributed by atoms with Crippen LogP contribution in [0, 0.1) is 0 Å². The minimum Gasteiger partial charge on any atom is -0.376 e. The second kappa shape index (κ2) is 5.99. The number of amides is 1. The zero-order valence-corrected chi connectivity index (χ0v) is 11.2. The molecular weight excluding hydrogens is 232 g/mol. The number of nitrogens with two attached hydrogens (primary N) is 1. The van der Waals surface area contributed by atoms with E-state index in [0.29, 0.717) is 12.6 Å². The fraction of sp³-hybridized carbons (Fsp3) is 0.923. The van der Waals surface area contributed by atoms with Crippen LogP contribution in [-0.2, 0) is 14.3 Å². The number of ether oxygens (including phenoxy) is 2. The highest BCUT2D eigenvalue weighted by molar-refractivity contribution is 5.80. The Kier molecular flexibility index (Phi) is 4.59. The average Bonchev–Trinajstić information content (AvgIpc) is 3.06. The fourth-order valence-corrected chi connectivity index (χ4v) is 2.46. The molecule has 104 valence electrons. The predicted octanol–water partition coefficient (Wildman–Crippen LogP) is 0.565. The van der Waals surface area contributed by atoms with E-state index >= 15 is 0 Å². The summed E-state index contributed by atoms with van der Waals surface area (Å²) in [6, 6.07) is 0.101. The molecule has 5 heteroatoms. The molecule has 3 atom stereocenters. The van der Waals surface area contributed by atoms with Crippen molar-refractivity contribution in [3.8, 4) is 0 Å². The van der Waals surface area contributed by atoms with Gasteiger partial charge in [0, 0.05) is 6.04 Å². The third-order valence-corrected chi connectivity index (χ3v) is 3.51. The van der Waals surface area contributed by atoms with Crippen LogP contribution in [-0.4, -0.2) is 42.9 Å². The zero-order chi connectivity index (χ0) is 13.1. The van der Waals surface area contributed by atoms with Gasteiger partial charge in [-0.25, -0.2) is 0 Å². The first-order chi connectivity index (χ1) is 8.54. The van der Waals surface area contributed by atoms with Crippen LogP contribution in [0.3, 0.4) is 0 Å². The lowest BCUT2D eigenvalue weighted by atomic mass is 10.0. The molecule has 1 saturated carbocycles. The molecule has 3 unspecified atom stereocenters. The smallest absolute Gasteiger partial charge is 0.236 e. The molecule has 0 aromatic heterocycles. The van der Waals surface area contributed by atoms with E-state index in [0.717, 1.165) is 25.7 Å². The lowest BCUT2D eigenvalue weighted by Gasteiger charge is -2.32. The molecule has 1 aliphatic heterocycles. The summed E-state index contributed by atoms with van der Waals surface area (Å²) in [6.45, 7) is 4.48. The summed E-state index contributed by atoms with van der Waals surface area (Å²) in [6.07, 6.45) is 4.67. The number of hydrogen-bond acceptors (Lipinski definition) is 4. The molecule has 1 heterocycles. The van der Waals surface area contributed by atoms with Crippen LogP contribution >= 0.6 is 0 Å². The van der Waals surface area contributed by atoms with Crippen molar-refractivity contribution in [1.82, 2.24) is 5.32 Å². The number of carbonyl (C=O) groups excluding carboxylic acids is 1. The normalized spacial score (nSPS) is 34.2. The monoisotopic (exact) mass is 256 g/mol. The van der Waals surface area contributed by atoms with Gasteiger partial charge in [0.1, 0.15) is 6.04 Å². The summed E-state index contributed by atoms with van der Waals surface area (Å²) in [7, 11) is 0. The van der Waals surface area contributed by atoms with Crippen LogP contribution < -0.4 is 11.1 Å². The maximum atomic E-state index is 11.3. The van der Waals surface area contributed by atoms with Crippen molar-refractivity contribution in [3.05, 3.63) is 0 Å². The first-order valence-corrected chi connectivity index (χ1v) is 6.87. The van der Waals surface area contributed by atoms with Crippen molar-refractivity contribution in [2.45, 2.75) is 69.9 Å². The average molecular weight is 256 g/mol. The number of hydrogen-bond donors (Lipinski definition) is 2. The largest absolute Gasteiger partial charge is 0.376 e. The number of nitrogens with one attached hydrogen (secondary N) is 1. The highest BCUT2D eigenvalue weighted by Gasteiger charge is 2.30. The van der Waals surface area contributed by atoms with Crippen LogP contribution in [0.1, 0.15) is 39.5 Å². The molecule has 18 heavy (non-hydrogen) atoms. The van der Waals surface area contributed by atoms with Gasteiger partial charge >= 0.3 is 0 Å². The molecule has 1 amide bonds. The molecule has 2 fully saturated rings. The van der Waals surface area contributed by atoms with Crippen LogP contribution in [0.25, 0.3) is 0 Å². The summed E-state index contributed by atoms with van der Waals surface area (Å²) in [5.41, 5.74) is 5.38. The molecule has 2 aliphatic rings. The minimum atomic E-state index is -0.356. The van der Waals surface area contributed by atoms with E-state index < -0.39 is 0 Å². The predicted molar refractivity (Wildman–Crippen MR) is 68.1 cm³/mol. The molecule has 3 N–H and O–H groups in total. The van der Waals surface area contributed by atoms with Gasteiger partial charge in [0.25, 0.3) is 0 Å². The van der Waals surface area contributed by atoms with Crippen LogP contribution in [0.4, 0.5) is 0 Å². The summed E-state index contributed by atoms with van der Waals surface area (Å²) in [4.78, 5) is 11.3. The summed E-state index contributed by atoms with van der Waals surface area (Å²) in [5.74, 6) is -0.324. The van der Waals surface area contributed by atoms with E-state index in [1.54, 1.807) is 0 Å². The van der Waals surface area contributed by atoms with Gasteiger partial charge in [0.15, 0.2) is 0 Å². The van der Waals surface area contributed by atoms with Gasteiger partial charge in [-0.05, 0) is 39.5 Å². The van der Waals surface area contributed by atoms with Gasteiger partial charge in [-0.3, -0.25) is 4.79 Å². The Morgan fingerprint density at radius 2 is 2.00 bits per heavy atom. The third-order valence-electron chi connectivity index (χ3n) is 3.51. The first-order valence-electron chi connectivity index (χ1n) is 6.87. The van der Waals surface area contributed by atoms with Crippen molar-refractivity contribution in [2.75, 3.05) is 6.61 Å². The Bertz CT molecular complexity index is 284. The third kappa shape index (κ3) is 4.23. The molecule has 0 radical (unpaired) electrons. The summed E-state index contributed by atoms with van der Waals surface area (Å²) in [5, 5.41) is 3.22. The minimum absolute atomic E-state index is 0.173. The van der Waals surface area contributed by atoms with Gasteiger partial charge in [-0.1, -0.05) is 0 Å². The van der Waals surface area contributed by atoms with E-state index in [9.17, 15) is 4.79 Å². The maximum absolute atomic E-state index is 11.3. The number of carbonyl (C=O) groups is 1. The van der Waals surface area contributed by atoms with Crippen LogP contribution in [0.15, 0.2) is 0 Å². The number of primary amides is 1. The summed E-state index contributed by atoms with van der Waals surface area (Å²) < 4.78 is 11.5. The standard InChI is InChI=1S/C13H24N2O3/c1-8-5-11(6-9(2)18-8)17-7-12(13(14)16)15-10-3-4-10/h8-12,15H,3-7H2,1-2H3,(H2,14,16). The Labute approximate surface area is 108 Å². The number of rotatable bonds is 6. The van der Waals surface area contributed by atoms with Gasteiger partial charge in [-0.2, -0.15) is 0 Å². The van der Waals surface area contributed by atoms with Crippen molar-refractivity contribution in [1.29, 1.82) is 0 Å². The second-order valence-electron chi connectivity index (χ2n) is 5.58. The molecule has 2 rings (SSSR count). The molecule has 5 nitrogen and oxygen atoms in total. The van der Waals surface area contributed by atoms with Crippen molar-refractivity contribution < 1.29 is 14.3 Å². The van der Waals surface area contributed by atoms with Crippen LogP contribution in [0.2, 0.25) is 0 Å². The van der Waals surface area contributed by atoms with Crippen molar-refractivity contribution in [3.63, 3.8) is 0 Å². The molecule has 0 spiro atoms. The molecular formula is C13H24N2O3. The molecule has 0 aromatic carbocycles. The fourth-order valence-electron chi connectivity index (χ4n) is 2.46. The zero-order valence-electron chi connectivity index (χ0n) is 11.2. The molecule has 0 aromatic rings. The van der Waals surface area contributed by atoms with Gasteiger partial charge in [-0.15, -0.1) is 0 Å². The Morgan fingerprint density at radius 1 is 1.39 bits per heavy atom. The van der Waals surface area contributed by atoms with E-state index in [-0.39, 0.29) is 30.3 Å². The molecule has 1 saturated heterocycles. The van der Waals surface area contributed by atoms with Crippen molar-refractivity contribution in [2.24, 2.45) is 5.73 Å². The lowest BCUT2D eigenvalue weighted by Crippen LogP contribution is -2.47. The van der Waals surface area contributed by atoms with E-state index in [1.165, 1.54) is 0 Å². The SMILES string of the molecule is CC1CC(OCC(NC2CC2)C(N)=O)CC(C)O1. The second-order valence-corrected chi connectivity index (χ2v) is 5.58. The lowest BCUT2D eigenvalue weighted by molar-refractivity contribution is -0.126. The van der Waals surface area contributed by atoms with Gasteiger partial charge in [0.2, 0.25) is 5.91 Å². The first kappa shape index (κ1) is 13.8. The highest BCUT2D eigenvalue weighted by Crippen LogP contribution is 2.22. The van der Waals surface area contributed by atoms with Crippen molar-refractivity contribution >= 4 is 5.91 Å². The molecule has 1 aliphatic carbocycles. The quantitative estimate of drug-likeness (QED) is 0.728. The van der Waals surface area contributed by atoms with E-state index in [2.05, 4.69) is 19.2 Å². The highest BCUT2D eigenvalue weighted by atomic mass is 16.5. The molecule has 0 bridgehead atoms. The van der Waals surface area contributed by atoms with Gasteiger partial charge < -0.3 is 20.5 Å². The Balaban J connectivity index is 1.75. The van der Waals surface area contributed by atoms with E-state index in [4.69, 9.17) is 15.2 Å². The van der Waals surface area contributed by atoms with Crippen LogP contribution in [0.5, 0.6) is 0 Å². The van der Waals surface area contributed by atoms with E-state index in [1.807, 2.05) is 0 Å². The van der Waals surface area contributed by atoms with Gasteiger partial charge in [0.05, 0.1) is 24.9 Å². The topological polar surface area (TPSA) is 73.6 Å². The summed E-state index contributed by atoms with van der Waals surface area (Å²) >= 11 is 0. The Morgan fingerprint density at radius 3 is 2.50 bits per heavy atom. The Hall–Kier alpha value is -0.650.